The van der Waals surface area contributed by atoms with Crippen molar-refractivity contribution < 1.29 is 14.5 Å². The maximum Gasteiger partial charge on any atom is 0.276 e. The number of carbonyl (C=O) groups is 2. The van der Waals surface area contributed by atoms with Gasteiger partial charge in [-0.05, 0) is 36.8 Å². The number of nitro groups is 1. The summed E-state index contributed by atoms with van der Waals surface area (Å²) in [4.78, 5) is 36.4. The Kier molecular flexibility index (Phi) is 4.70. The average Bonchev–Trinajstić information content (AvgIpc) is 3.06. The zero-order valence-corrected chi connectivity index (χ0v) is 13.4. The minimum atomic E-state index is -0.482. The van der Waals surface area contributed by atoms with Crippen LogP contribution in [0.5, 0.6) is 0 Å². The Morgan fingerprint density at radius 3 is 2.68 bits per heavy atom. The van der Waals surface area contributed by atoms with Crippen LogP contribution in [0.4, 0.5) is 11.4 Å². The van der Waals surface area contributed by atoms with E-state index in [1.165, 1.54) is 18.2 Å². The van der Waals surface area contributed by atoms with Gasteiger partial charge in [-0.1, -0.05) is 24.3 Å². The van der Waals surface area contributed by atoms with Crippen LogP contribution in [0, 0.1) is 10.1 Å². The normalized spacial score (nSPS) is 14.2. The van der Waals surface area contributed by atoms with Crippen molar-refractivity contribution in [2.24, 2.45) is 0 Å². The van der Waals surface area contributed by atoms with Crippen LogP contribution in [0.2, 0.25) is 0 Å². The molecule has 6 nitrogen and oxygen atoms in total. The van der Waals surface area contributed by atoms with Gasteiger partial charge in [-0.2, -0.15) is 0 Å². The van der Waals surface area contributed by atoms with Gasteiger partial charge in [0.25, 0.3) is 5.69 Å². The maximum atomic E-state index is 12.4. The van der Waals surface area contributed by atoms with Gasteiger partial charge in [0, 0.05) is 30.3 Å². The molecule has 0 saturated carbocycles. The highest BCUT2D eigenvalue weighted by atomic mass is 16.6. The van der Waals surface area contributed by atoms with E-state index in [2.05, 4.69) is 0 Å². The largest absolute Gasteiger partial charge is 0.312 e. The summed E-state index contributed by atoms with van der Waals surface area (Å²) in [5, 5.41) is 11.0. The van der Waals surface area contributed by atoms with E-state index in [9.17, 15) is 19.7 Å². The molecule has 3 rings (SSSR count). The van der Waals surface area contributed by atoms with Crippen LogP contribution < -0.4 is 4.90 Å². The van der Waals surface area contributed by atoms with Crippen LogP contribution in [-0.2, 0) is 4.79 Å². The Balaban J connectivity index is 1.82. The van der Waals surface area contributed by atoms with E-state index in [0.717, 1.165) is 6.42 Å². The molecule has 0 aliphatic carbocycles. The summed E-state index contributed by atoms with van der Waals surface area (Å²) >= 11 is 0. The van der Waals surface area contributed by atoms with E-state index in [0.29, 0.717) is 29.8 Å². The fourth-order valence-corrected chi connectivity index (χ4v) is 2.80. The first-order valence-corrected chi connectivity index (χ1v) is 7.92. The molecule has 6 heteroatoms. The molecule has 0 N–H and O–H groups in total. The van der Waals surface area contributed by atoms with E-state index in [1.54, 1.807) is 47.4 Å². The number of nitro benzene ring substituents is 1. The lowest BCUT2D eigenvalue weighted by molar-refractivity contribution is -0.385. The van der Waals surface area contributed by atoms with Gasteiger partial charge >= 0.3 is 0 Å². The van der Waals surface area contributed by atoms with Crippen molar-refractivity contribution >= 4 is 29.1 Å². The number of hydrogen-bond donors (Lipinski definition) is 0. The van der Waals surface area contributed by atoms with Gasteiger partial charge in [0.05, 0.1) is 10.5 Å². The van der Waals surface area contributed by atoms with Crippen LogP contribution in [-0.4, -0.2) is 23.2 Å². The topological polar surface area (TPSA) is 80.5 Å². The first-order valence-electron chi connectivity index (χ1n) is 7.92. The fraction of sp³-hybridized carbons (Fsp3) is 0.158. The predicted octanol–water partition coefficient (Wildman–Crippen LogP) is 3.62. The quantitative estimate of drug-likeness (QED) is 0.361. The molecule has 1 aliphatic rings. The van der Waals surface area contributed by atoms with Crippen molar-refractivity contribution in [1.29, 1.82) is 0 Å². The second kappa shape index (κ2) is 7.09. The van der Waals surface area contributed by atoms with E-state index in [4.69, 9.17) is 0 Å². The molecule has 2 aromatic rings. The van der Waals surface area contributed by atoms with Gasteiger partial charge in [0.1, 0.15) is 0 Å². The molecule has 1 saturated heterocycles. The van der Waals surface area contributed by atoms with Crippen LogP contribution >= 0.6 is 0 Å². The highest BCUT2D eigenvalue weighted by molar-refractivity contribution is 6.08. The molecule has 2 aromatic carbocycles. The molecule has 0 spiro atoms. The van der Waals surface area contributed by atoms with Crippen molar-refractivity contribution in [3.8, 4) is 0 Å². The van der Waals surface area contributed by atoms with Gasteiger partial charge in [-0.3, -0.25) is 19.7 Å². The average molecular weight is 336 g/mol. The number of amides is 1. The molecule has 126 valence electrons. The van der Waals surface area contributed by atoms with E-state index < -0.39 is 4.92 Å². The molecule has 1 fully saturated rings. The third kappa shape index (κ3) is 3.63. The van der Waals surface area contributed by atoms with Gasteiger partial charge in [0.15, 0.2) is 5.78 Å². The van der Waals surface area contributed by atoms with Crippen molar-refractivity contribution in [3.63, 3.8) is 0 Å². The third-order valence-corrected chi connectivity index (χ3v) is 4.06. The summed E-state index contributed by atoms with van der Waals surface area (Å²) < 4.78 is 0. The van der Waals surface area contributed by atoms with Gasteiger partial charge < -0.3 is 4.90 Å². The van der Waals surface area contributed by atoms with Crippen LogP contribution in [0.25, 0.3) is 6.08 Å². The Bertz CT molecular complexity index is 873. The number of carbonyl (C=O) groups excluding carboxylic acids is 2. The summed E-state index contributed by atoms with van der Waals surface area (Å²) in [6, 6.07) is 13.1. The molecule has 0 radical (unpaired) electrons. The minimum absolute atomic E-state index is 0.0528. The van der Waals surface area contributed by atoms with Crippen LogP contribution in [0.1, 0.15) is 28.8 Å². The van der Waals surface area contributed by atoms with Gasteiger partial charge in [0.2, 0.25) is 5.91 Å². The van der Waals surface area contributed by atoms with Crippen LogP contribution in [0.15, 0.2) is 54.6 Å². The highest BCUT2D eigenvalue weighted by Gasteiger charge is 2.22. The SMILES string of the molecule is O=C(C=Cc1ccccc1[N+](=O)[O-])c1cccc(N2CCCC2=O)c1. The number of benzene rings is 2. The number of rotatable bonds is 5. The number of hydrogen-bond acceptors (Lipinski definition) is 4. The molecule has 1 amide bonds. The predicted molar refractivity (Wildman–Crippen MR) is 94.5 cm³/mol. The smallest absolute Gasteiger partial charge is 0.276 e. The monoisotopic (exact) mass is 336 g/mol. The summed E-state index contributed by atoms with van der Waals surface area (Å²) in [6.07, 6.45) is 4.09. The van der Waals surface area contributed by atoms with Crippen LogP contribution in [0.3, 0.4) is 0 Å². The summed E-state index contributed by atoms with van der Waals surface area (Å²) in [5.74, 6) is -0.216. The zero-order valence-electron chi connectivity index (χ0n) is 13.4. The lowest BCUT2D eigenvalue weighted by atomic mass is 10.1. The summed E-state index contributed by atoms with van der Waals surface area (Å²) in [6.45, 7) is 0.655. The van der Waals surface area contributed by atoms with Crippen molar-refractivity contribution in [2.45, 2.75) is 12.8 Å². The first-order chi connectivity index (χ1) is 12.1. The van der Waals surface area contributed by atoms with E-state index in [-0.39, 0.29) is 17.4 Å². The Morgan fingerprint density at radius 2 is 1.96 bits per heavy atom. The molecule has 0 aromatic heterocycles. The molecule has 1 aliphatic heterocycles. The number of ketones is 1. The molecule has 0 unspecified atom stereocenters. The number of allylic oxidation sites excluding steroid dienone is 1. The van der Waals surface area contributed by atoms with Gasteiger partial charge in [-0.25, -0.2) is 0 Å². The molecule has 0 atom stereocenters. The lowest BCUT2D eigenvalue weighted by Crippen LogP contribution is -2.23. The van der Waals surface area contributed by atoms with E-state index in [1.807, 2.05) is 0 Å². The fourth-order valence-electron chi connectivity index (χ4n) is 2.80. The first kappa shape index (κ1) is 16.6. The molecular weight excluding hydrogens is 320 g/mol. The summed E-state index contributed by atoms with van der Waals surface area (Å²) in [7, 11) is 0. The standard InChI is InChI=1S/C19H16N2O4/c22-18(11-10-14-5-1-2-8-17(14)21(24)25)15-6-3-7-16(13-15)20-12-4-9-19(20)23/h1-3,5-8,10-11,13H,4,9,12H2. The highest BCUT2D eigenvalue weighted by Crippen LogP contribution is 2.23. The number of nitrogens with zero attached hydrogens (tertiary/aromatic N) is 2. The minimum Gasteiger partial charge on any atom is -0.312 e. The zero-order chi connectivity index (χ0) is 17.8. The number of anilines is 1. The second-order valence-corrected chi connectivity index (χ2v) is 5.71. The van der Waals surface area contributed by atoms with Crippen molar-refractivity contribution in [2.75, 3.05) is 11.4 Å². The Morgan fingerprint density at radius 1 is 1.16 bits per heavy atom. The van der Waals surface area contributed by atoms with Crippen molar-refractivity contribution in [3.05, 3.63) is 75.8 Å². The maximum absolute atomic E-state index is 12.4. The summed E-state index contributed by atoms with van der Waals surface area (Å²) in [5.41, 5.74) is 1.45. The van der Waals surface area contributed by atoms with Crippen molar-refractivity contribution in [1.82, 2.24) is 0 Å². The Hall–Kier alpha value is -3.28. The number of para-hydroxylation sites is 1. The Labute approximate surface area is 144 Å². The molecule has 25 heavy (non-hydrogen) atoms. The third-order valence-electron chi connectivity index (χ3n) is 4.06. The van der Waals surface area contributed by atoms with E-state index >= 15 is 0 Å². The molecular formula is C19H16N2O4. The molecule has 0 bridgehead atoms. The molecule has 1 heterocycles. The second-order valence-electron chi connectivity index (χ2n) is 5.71. The van der Waals surface area contributed by atoms with Gasteiger partial charge in [-0.15, -0.1) is 0 Å². The lowest BCUT2D eigenvalue weighted by Gasteiger charge is -2.16.